The molecule has 0 radical (unpaired) electrons. The van der Waals surface area contributed by atoms with Crippen molar-refractivity contribution in [1.29, 1.82) is 0 Å². The van der Waals surface area contributed by atoms with Gasteiger partial charge in [0, 0.05) is 26.5 Å². The molecule has 3 heteroatoms. The maximum atomic E-state index is 11.4. The largest absolute Gasteiger partial charge is 0.361 e. The van der Waals surface area contributed by atoms with Crippen LogP contribution in [0.25, 0.3) is 0 Å². The minimum Gasteiger partial charge on any atom is -0.361 e. The molecule has 2 fully saturated rings. The van der Waals surface area contributed by atoms with E-state index in [-0.39, 0.29) is 12.1 Å². The molecule has 0 aromatic heterocycles. The first-order valence-corrected chi connectivity index (χ1v) is 5.54. The van der Waals surface area contributed by atoms with E-state index >= 15 is 0 Å². The molecule has 0 spiro atoms. The van der Waals surface area contributed by atoms with E-state index in [0.717, 1.165) is 6.54 Å². The summed E-state index contributed by atoms with van der Waals surface area (Å²) in [6, 6.07) is 0. The van der Waals surface area contributed by atoms with Crippen molar-refractivity contribution >= 4 is 5.91 Å². The minimum absolute atomic E-state index is 0.0535. The van der Waals surface area contributed by atoms with E-state index in [2.05, 4.69) is 0 Å². The van der Waals surface area contributed by atoms with Crippen LogP contribution in [0.5, 0.6) is 0 Å². The second kappa shape index (κ2) is 3.89. The fourth-order valence-corrected chi connectivity index (χ4v) is 3.04. The van der Waals surface area contributed by atoms with E-state index in [1.807, 2.05) is 4.90 Å². The van der Waals surface area contributed by atoms with Crippen molar-refractivity contribution < 1.29 is 9.53 Å². The van der Waals surface area contributed by atoms with Gasteiger partial charge in [-0.2, -0.15) is 0 Å². The lowest BCUT2D eigenvalue weighted by molar-refractivity contribution is -0.139. The average Bonchev–Trinajstić information content (AvgIpc) is 2.56. The number of carbonyl (C=O) groups is 1. The summed E-state index contributed by atoms with van der Waals surface area (Å²) in [7, 11) is 1.72. The lowest BCUT2D eigenvalue weighted by Crippen LogP contribution is -2.37. The third-order valence-electron chi connectivity index (χ3n) is 3.72. The zero-order valence-electron chi connectivity index (χ0n) is 9.03. The summed E-state index contributed by atoms with van der Waals surface area (Å²) in [6.07, 6.45) is 5.18. The van der Waals surface area contributed by atoms with E-state index < -0.39 is 0 Å². The van der Waals surface area contributed by atoms with E-state index in [0.29, 0.717) is 11.8 Å². The second-order valence-corrected chi connectivity index (χ2v) is 4.51. The lowest BCUT2D eigenvalue weighted by atomic mass is 9.81. The molecule has 0 aromatic carbocycles. The van der Waals surface area contributed by atoms with Crippen LogP contribution in [0, 0.1) is 11.8 Å². The van der Waals surface area contributed by atoms with Gasteiger partial charge in [-0.1, -0.05) is 12.8 Å². The predicted octanol–water partition coefficient (Wildman–Crippen LogP) is 1.63. The van der Waals surface area contributed by atoms with Gasteiger partial charge in [-0.05, 0) is 18.8 Å². The number of amides is 1. The van der Waals surface area contributed by atoms with Crippen LogP contribution in [0.4, 0.5) is 0 Å². The molecule has 2 aliphatic rings. The monoisotopic (exact) mass is 197 g/mol. The molecule has 80 valence electrons. The molecule has 0 bridgehead atoms. The van der Waals surface area contributed by atoms with Crippen LogP contribution in [0.2, 0.25) is 0 Å². The highest BCUT2D eigenvalue weighted by Gasteiger charge is 2.43. The van der Waals surface area contributed by atoms with Crippen LogP contribution >= 0.6 is 0 Å². The van der Waals surface area contributed by atoms with Gasteiger partial charge in [0.15, 0.2) is 0 Å². The predicted molar refractivity (Wildman–Crippen MR) is 53.6 cm³/mol. The highest BCUT2D eigenvalue weighted by molar-refractivity contribution is 5.73. The first-order valence-electron chi connectivity index (χ1n) is 5.54. The highest BCUT2D eigenvalue weighted by Crippen LogP contribution is 2.40. The van der Waals surface area contributed by atoms with E-state index in [9.17, 15) is 4.79 Å². The maximum Gasteiger partial charge on any atom is 0.221 e. The average molecular weight is 197 g/mol. The number of nitrogens with zero attached hydrogens (tertiary/aromatic N) is 1. The quantitative estimate of drug-likeness (QED) is 0.639. The van der Waals surface area contributed by atoms with Gasteiger partial charge in [0.05, 0.1) is 0 Å². The van der Waals surface area contributed by atoms with Crippen LogP contribution in [-0.2, 0) is 9.53 Å². The normalized spacial score (nSPS) is 37.0. The Morgan fingerprint density at radius 2 is 2.07 bits per heavy atom. The Hall–Kier alpha value is -0.570. The molecule has 1 aliphatic carbocycles. The number of likely N-dealkylation sites (tertiary alicyclic amines) is 1. The van der Waals surface area contributed by atoms with Gasteiger partial charge < -0.3 is 9.64 Å². The summed E-state index contributed by atoms with van der Waals surface area (Å²) in [4.78, 5) is 13.3. The topological polar surface area (TPSA) is 29.5 Å². The zero-order valence-corrected chi connectivity index (χ0v) is 9.03. The minimum atomic E-state index is 0.0535. The van der Waals surface area contributed by atoms with Gasteiger partial charge >= 0.3 is 0 Å². The summed E-state index contributed by atoms with van der Waals surface area (Å²) in [6.45, 7) is 2.56. The molecule has 3 nitrogen and oxygen atoms in total. The Bertz CT molecular complexity index is 229. The Labute approximate surface area is 85.4 Å². The van der Waals surface area contributed by atoms with Crippen LogP contribution in [0.15, 0.2) is 0 Å². The Morgan fingerprint density at radius 3 is 2.71 bits per heavy atom. The third-order valence-corrected chi connectivity index (χ3v) is 3.72. The maximum absolute atomic E-state index is 11.4. The molecule has 0 N–H and O–H groups in total. The summed E-state index contributed by atoms with van der Waals surface area (Å²) < 4.78 is 5.46. The number of carbonyl (C=O) groups excluding carboxylic acids is 1. The fraction of sp³-hybridized carbons (Fsp3) is 0.909. The van der Waals surface area contributed by atoms with Crippen molar-refractivity contribution in [1.82, 2.24) is 4.90 Å². The van der Waals surface area contributed by atoms with Crippen molar-refractivity contribution in [3.63, 3.8) is 0 Å². The SMILES string of the molecule is COC1C2CCCCC2CN1C(C)=O. The molecule has 1 aliphatic heterocycles. The molecule has 1 heterocycles. The van der Waals surface area contributed by atoms with E-state index in [1.165, 1.54) is 25.7 Å². The third kappa shape index (κ3) is 1.54. The molecule has 0 aromatic rings. The van der Waals surface area contributed by atoms with Crippen molar-refractivity contribution in [2.24, 2.45) is 11.8 Å². The molecular formula is C11H19NO2. The molecule has 1 amide bonds. The van der Waals surface area contributed by atoms with Crippen LogP contribution in [0.3, 0.4) is 0 Å². The number of hydrogen-bond acceptors (Lipinski definition) is 2. The van der Waals surface area contributed by atoms with E-state index in [1.54, 1.807) is 14.0 Å². The van der Waals surface area contributed by atoms with Gasteiger partial charge in [0.25, 0.3) is 0 Å². The summed E-state index contributed by atoms with van der Waals surface area (Å²) in [5.41, 5.74) is 0. The Kier molecular flexibility index (Phi) is 2.77. The zero-order chi connectivity index (χ0) is 10.1. The van der Waals surface area contributed by atoms with Gasteiger partial charge in [-0.25, -0.2) is 0 Å². The number of fused-ring (bicyclic) bond motifs is 1. The molecule has 3 unspecified atom stereocenters. The number of rotatable bonds is 1. The van der Waals surface area contributed by atoms with Gasteiger partial charge in [0.2, 0.25) is 5.91 Å². The summed E-state index contributed by atoms with van der Waals surface area (Å²) in [5.74, 6) is 1.45. The van der Waals surface area contributed by atoms with Crippen LogP contribution in [0.1, 0.15) is 32.6 Å². The van der Waals surface area contributed by atoms with Crippen molar-refractivity contribution in [2.75, 3.05) is 13.7 Å². The van der Waals surface area contributed by atoms with Crippen LogP contribution < -0.4 is 0 Å². The number of hydrogen-bond donors (Lipinski definition) is 0. The van der Waals surface area contributed by atoms with Crippen molar-refractivity contribution in [3.05, 3.63) is 0 Å². The van der Waals surface area contributed by atoms with Gasteiger partial charge in [-0.15, -0.1) is 0 Å². The van der Waals surface area contributed by atoms with Crippen LogP contribution in [-0.4, -0.2) is 30.7 Å². The highest BCUT2D eigenvalue weighted by atomic mass is 16.5. The first-order chi connectivity index (χ1) is 6.74. The molecule has 3 atom stereocenters. The van der Waals surface area contributed by atoms with Crippen molar-refractivity contribution in [3.8, 4) is 0 Å². The Balaban J connectivity index is 2.12. The Morgan fingerprint density at radius 1 is 1.36 bits per heavy atom. The molecule has 14 heavy (non-hydrogen) atoms. The molecule has 1 saturated carbocycles. The standard InChI is InChI=1S/C11H19NO2/c1-8(13)12-7-9-5-3-4-6-10(9)11(12)14-2/h9-11H,3-7H2,1-2H3. The fourth-order valence-electron chi connectivity index (χ4n) is 3.04. The molecule has 1 saturated heterocycles. The molecular weight excluding hydrogens is 178 g/mol. The van der Waals surface area contributed by atoms with Gasteiger partial charge in [0.1, 0.15) is 6.23 Å². The van der Waals surface area contributed by atoms with E-state index in [4.69, 9.17) is 4.74 Å². The summed E-state index contributed by atoms with van der Waals surface area (Å²) >= 11 is 0. The summed E-state index contributed by atoms with van der Waals surface area (Å²) in [5, 5.41) is 0. The number of methoxy groups -OCH3 is 1. The number of ether oxygens (including phenoxy) is 1. The van der Waals surface area contributed by atoms with Crippen molar-refractivity contribution in [2.45, 2.75) is 38.8 Å². The molecule has 2 rings (SSSR count). The smallest absolute Gasteiger partial charge is 0.221 e. The lowest BCUT2D eigenvalue weighted by Gasteiger charge is -2.28. The second-order valence-electron chi connectivity index (χ2n) is 4.51. The first kappa shape index (κ1) is 9.97. The van der Waals surface area contributed by atoms with Gasteiger partial charge in [-0.3, -0.25) is 4.79 Å².